The number of carbonyl (C=O) groups is 1. The maximum Gasteiger partial charge on any atom is 0.251 e. The van der Waals surface area contributed by atoms with Crippen molar-refractivity contribution in [2.75, 3.05) is 13.1 Å². The number of carbonyl (C=O) groups excluding carboxylic acids is 1. The first-order valence-electron chi connectivity index (χ1n) is 8.01. The van der Waals surface area contributed by atoms with E-state index in [1.54, 1.807) is 25.1 Å². The lowest BCUT2D eigenvalue weighted by molar-refractivity contribution is 0.0939. The van der Waals surface area contributed by atoms with E-state index in [9.17, 15) is 9.18 Å². The van der Waals surface area contributed by atoms with Gasteiger partial charge in [0.1, 0.15) is 6.17 Å². The van der Waals surface area contributed by atoms with Gasteiger partial charge in [0.25, 0.3) is 5.91 Å². The summed E-state index contributed by atoms with van der Waals surface area (Å²) in [5.41, 5.74) is 0.834. The molecular weight excluding hydrogens is 325 g/mol. The Morgan fingerprint density at radius 1 is 1.56 bits per heavy atom. The number of hydrogen-bond donors (Lipinski definition) is 1. The van der Waals surface area contributed by atoms with E-state index in [4.69, 9.17) is 9.78 Å². The molecule has 1 aliphatic heterocycles. The molecule has 1 N–H and O–H groups in total. The van der Waals surface area contributed by atoms with Crippen molar-refractivity contribution in [2.24, 2.45) is 0 Å². The summed E-state index contributed by atoms with van der Waals surface area (Å²) in [6.45, 7) is 2.67. The van der Waals surface area contributed by atoms with E-state index in [0.717, 1.165) is 0 Å². The summed E-state index contributed by atoms with van der Waals surface area (Å²) in [6, 6.07) is 8.32. The Kier molecular flexibility index (Phi) is 5.05. The van der Waals surface area contributed by atoms with Crippen LogP contribution in [0, 0.1) is 18.3 Å². The second-order valence-corrected chi connectivity index (χ2v) is 6.05. The number of hydrogen-bond acceptors (Lipinski definition) is 6. The molecule has 25 heavy (non-hydrogen) atoms. The number of nitrogens with zero attached hydrogens (tertiary/aromatic N) is 4. The third kappa shape index (κ3) is 4.19. The molecule has 8 heteroatoms. The molecule has 0 saturated carbocycles. The van der Waals surface area contributed by atoms with E-state index in [-0.39, 0.29) is 18.5 Å². The summed E-state index contributed by atoms with van der Waals surface area (Å²) in [5.74, 6) is 0.688. The molecule has 2 atom stereocenters. The van der Waals surface area contributed by atoms with Crippen molar-refractivity contribution in [1.29, 1.82) is 5.26 Å². The normalized spacial score (nSPS) is 20.4. The van der Waals surface area contributed by atoms with Gasteiger partial charge in [-0.25, -0.2) is 4.39 Å². The van der Waals surface area contributed by atoms with E-state index in [0.29, 0.717) is 42.4 Å². The molecular formula is C17H18FN5O2. The Labute approximate surface area is 144 Å². The van der Waals surface area contributed by atoms with Gasteiger partial charge in [0.15, 0.2) is 5.82 Å². The number of likely N-dealkylation sites (tertiary alicyclic amines) is 1. The fourth-order valence-electron chi connectivity index (χ4n) is 2.96. The molecule has 0 unspecified atom stereocenters. The second-order valence-electron chi connectivity index (χ2n) is 6.05. The first-order valence-corrected chi connectivity index (χ1v) is 8.01. The zero-order chi connectivity index (χ0) is 17.8. The number of halogens is 1. The number of amides is 1. The number of rotatable bonds is 5. The van der Waals surface area contributed by atoms with Crippen LogP contribution >= 0.6 is 0 Å². The zero-order valence-corrected chi connectivity index (χ0v) is 13.8. The zero-order valence-electron chi connectivity index (χ0n) is 13.8. The molecule has 2 aromatic rings. The van der Waals surface area contributed by atoms with Crippen LogP contribution in [-0.2, 0) is 6.54 Å². The molecule has 3 rings (SSSR count). The van der Waals surface area contributed by atoms with Crippen molar-refractivity contribution in [3.63, 3.8) is 0 Å². The van der Waals surface area contributed by atoms with Crippen LogP contribution in [-0.4, -0.2) is 46.3 Å². The van der Waals surface area contributed by atoms with Crippen molar-refractivity contribution < 1.29 is 13.7 Å². The predicted octanol–water partition coefficient (Wildman–Crippen LogP) is 1.59. The van der Waals surface area contributed by atoms with Gasteiger partial charge in [-0.1, -0.05) is 11.2 Å². The molecule has 0 bridgehead atoms. The first kappa shape index (κ1) is 17.0. The summed E-state index contributed by atoms with van der Waals surface area (Å²) in [7, 11) is 0. The fourth-order valence-corrected chi connectivity index (χ4v) is 2.96. The number of aryl methyl sites for hydroxylation is 1. The summed E-state index contributed by atoms with van der Waals surface area (Å²) >= 11 is 0. The summed E-state index contributed by atoms with van der Waals surface area (Å²) in [6.07, 6.45) is -0.605. The quantitative estimate of drug-likeness (QED) is 0.886. The number of nitriles is 1. The maximum atomic E-state index is 13.8. The third-order valence-corrected chi connectivity index (χ3v) is 4.14. The average molecular weight is 343 g/mol. The molecule has 1 aromatic heterocycles. The number of aromatic nitrogens is 2. The largest absolute Gasteiger partial charge is 0.350 e. The van der Waals surface area contributed by atoms with E-state index in [1.807, 2.05) is 11.0 Å². The molecule has 1 fully saturated rings. The molecule has 0 radical (unpaired) electrons. The van der Waals surface area contributed by atoms with Crippen LogP contribution in [0.4, 0.5) is 4.39 Å². The minimum atomic E-state index is -0.947. The number of nitrogens with one attached hydrogen (secondary N) is 1. The van der Waals surface area contributed by atoms with Crippen molar-refractivity contribution in [3.8, 4) is 6.07 Å². The predicted molar refractivity (Wildman–Crippen MR) is 86.2 cm³/mol. The molecule has 1 aliphatic rings. The minimum Gasteiger partial charge on any atom is -0.350 e. The van der Waals surface area contributed by atoms with E-state index >= 15 is 0 Å². The average Bonchev–Trinajstić information content (AvgIpc) is 3.18. The summed E-state index contributed by atoms with van der Waals surface area (Å²) in [4.78, 5) is 18.3. The van der Waals surface area contributed by atoms with Crippen LogP contribution in [0.1, 0.15) is 34.1 Å². The summed E-state index contributed by atoms with van der Waals surface area (Å²) < 4.78 is 18.8. The Balaban J connectivity index is 1.60. The second kappa shape index (κ2) is 7.40. The van der Waals surface area contributed by atoms with Crippen LogP contribution in [0.5, 0.6) is 0 Å². The molecule has 1 amide bonds. The Morgan fingerprint density at radius 3 is 3.12 bits per heavy atom. The highest BCUT2D eigenvalue weighted by Crippen LogP contribution is 2.21. The van der Waals surface area contributed by atoms with Crippen LogP contribution in [0.2, 0.25) is 0 Å². The standard InChI is InChI=1S/C17H18FN5O2/c1-11-21-16(22-25-11)10-23-9-14(18)6-15(23)8-20-17(24)13-4-2-3-12(5-13)7-19/h2-5,14-15H,6,8-10H2,1H3,(H,20,24)/t14-,15-/m0/s1. The molecule has 1 saturated heterocycles. The van der Waals surface area contributed by atoms with Crippen LogP contribution in [0.25, 0.3) is 0 Å². The smallest absolute Gasteiger partial charge is 0.251 e. The molecule has 0 aliphatic carbocycles. The molecule has 7 nitrogen and oxygen atoms in total. The molecule has 1 aromatic carbocycles. The Hall–Kier alpha value is -2.79. The van der Waals surface area contributed by atoms with E-state index in [2.05, 4.69) is 15.5 Å². The van der Waals surface area contributed by atoms with Gasteiger partial charge in [-0.3, -0.25) is 9.69 Å². The number of benzene rings is 1. The lowest BCUT2D eigenvalue weighted by Gasteiger charge is -2.22. The van der Waals surface area contributed by atoms with Crippen molar-refractivity contribution >= 4 is 5.91 Å². The summed E-state index contributed by atoms with van der Waals surface area (Å²) in [5, 5.41) is 15.5. The van der Waals surface area contributed by atoms with Gasteiger partial charge in [0, 0.05) is 31.6 Å². The SMILES string of the molecule is Cc1nc(CN2C[C@@H](F)C[C@H]2CNC(=O)c2cccc(C#N)c2)no1. The van der Waals surface area contributed by atoms with Crippen molar-refractivity contribution in [2.45, 2.75) is 32.1 Å². The third-order valence-electron chi connectivity index (χ3n) is 4.14. The molecule has 0 spiro atoms. The lowest BCUT2D eigenvalue weighted by Crippen LogP contribution is -2.40. The maximum absolute atomic E-state index is 13.8. The lowest BCUT2D eigenvalue weighted by atomic mass is 10.1. The van der Waals surface area contributed by atoms with Crippen molar-refractivity contribution in [1.82, 2.24) is 20.4 Å². The highest BCUT2D eigenvalue weighted by Gasteiger charge is 2.33. The Bertz CT molecular complexity index is 800. The van der Waals surface area contributed by atoms with Gasteiger partial charge >= 0.3 is 0 Å². The van der Waals surface area contributed by atoms with E-state index < -0.39 is 6.17 Å². The van der Waals surface area contributed by atoms with Gasteiger partial charge in [0.2, 0.25) is 5.89 Å². The van der Waals surface area contributed by atoms with Gasteiger partial charge in [-0.05, 0) is 24.6 Å². The highest BCUT2D eigenvalue weighted by molar-refractivity contribution is 5.94. The van der Waals surface area contributed by atoms with Gasteiger partial charge in [0.05, 0.1) is 18.2 Å². The topological polar surface area (TPSA) is 95.1 Å². The van der Waals surface area contributed by atoms with Gasteiger partial charge in [-0.15, -0.1) is 0 Å². The molecule has 130 valence electrons. The van der Waals surface area contributed by atoms with Crippen LogP contribution in [0.15, 0.2) is 28.8 Å². The monoisotopic (exact) mass is 343 g/mol. The van der Waals surface area contributed by atoms with Crippen LogP contribution in [0.3, 0.4) is 0 Å². The first-order chi connectivity index (χ1) is 12.0. The van der Waals surface area contributed by atoms with E-state index in [1.165, 1.54) is 6.07 Å². The fraction of sp³-hybridized carbons (Fsp3) is 0.412. The van der Waals surface area contributed by atoms with Crippen LogP contribution < -0.4 is 5.32 Å². The number of alkyl halides is 1. The Morgan fingerprint density at radius 2 is 2.40 bits per heavy atom. The molecule has 2 heterocycles. The van der Waals surface area contributed by atoms with Gasteiger partial charge < -0.3 is 9.84 Å². The highest BCUT2D eigenvalue weighted by atomic mass is 19.1. The van der Waals surface area contributed by atoms with Crippen molar-refractivity contribution in [3.05, 3.63) is 47.1 Å². The van der Waals surface area contributed by atoms with Gasteiger partial charge in [-0.2, -0.15) is 10.2 Å². The minimum absolute atomic E-state index is 0.142.